The maximum Gasteiger partial charge on any atom is 0.419 e. The number of fused-ring (bicyclic) bond motifs is 1. The van der Waals surface area contributed by atoms with E-state index in [2.05, 4.69) is 20.4 Å². The van der Waals surface area contributed by atoms with Gasteiger partial charge in [-0.15, -0.1) is 0 Å². The Morgan fingerprint density at radius 2 is 1.71 bits per heavy atom. The summed E-state index contributed by atoms with van der Waals surface area (Å²) in [5.74, 6) is -0.944. The monoisotopic (exact) mass is 433 g/mol. The van der Waals surface area contributed by atoms with Gasteiger partial charge >= 0.3 is 6.18 Å². The predicted molar refractivity (Wildman–Crippen MR) is 105 cm³/mol. The minimum Gasteiger partial charge on any atom is -0.340 e. The van der Waals surface area contributed by atoms with E-state index in [9.17, 15) is 17.6 Å². The van der Waals surface area contributed by atoms with Crippen molar-refractivity contribution in [1.29, 1.82) is 0 Å². The number of carbonyl (C=O) groups is 2. The van der Waals surface area contributed by atoms with Crippen molar-refractivity contribution in [3.8, 4) is 11.3 Å². The SMILES string of the molecule is C=O.C=O.Fc1ccc(Nc2ccnc3cc(-c4cccnc4)nn23)cc1C(F)(F)F. The van der Waals surface area contributed by atoms with Gasteiger partial charge in [-0.25, -0.2) is 9.37 Å². The lowest BCUT2D eigenvalue weighted by atomic mass is 10.2. The van der Waals surface area contributed by atoms with Crippen LogP contribution in [0.3, 0.4) is 0 Å². The Labute approximate surface area is 173 Å². The molecule has 4 rings (SSSR count). The number of aromatic nitrogens is 4. The van der Waals surface area contributed by atoms with Crippen molar-refractivity contribution in [2.45, 2.75) is 6.18 Å². The number of pyridine rings is 1. The molecule has 0 fully saturated rings. The molecule has 0 saturated carbocycles. The molecule has 11 heteroatoms. The Kier molecular flexibility index (Phi) is 7.50. The van der Waals surface area contributed by atoms with Gasteiger partial charge in [0.05, 0.1) is 11.3 Å². The molecule has 1 N–H and O–H groups in total. The standard InChI is InChI=1S/C18H11F4N5.2CH2O/c19-14-4-3-12(8-13(14)18(20,21)22)25-16-5-7-24-17-9-15(26-27(16)17)11-2-1-6-23-10-11;2*1-2/h1-10,25H;2*1H2. The molecular formula is C20H15F4N5O2. The van der Waals surface area contributed by atoms with Crippen LogP contribution in [0.5, 0.6) is 0 Å². The zero-order chi connectivity index (χ0) is 23.0. The molecule has 0 saturated heterocycles. The summed E-state index contributed by atoms with van der Waals surface area (Å²) in [6.45, 7) is 4.00. The van der Waals surface area contributed by atoms with Crippen LogP contribution in [0.4, 0.5) is 29.1 Å². The lowest BCUT2D eigenvalue weighted by Crippen LogP contribution is -2.09. The Bertz CT molecular complexity index is 1150. The van der Waals surface area contributed by atoms with Crippen LogP contribution >= 0.6 is 0 Å². The molecule has 3 heterocycles. The van der Waals surface area contributed by atoms with E-state index in [0.717, 1.165) is 11.6 Å². The van der Waals surface area contributed by atoms with Crippen molar-refractivity contribution in [2.75, 3.05) is 5.32 Å². The number of halogens is 4. The molecule has 160 valence electrons. The molecule has 1 aromatic carbocycles. The topological polar surface area (TPSA) is 89.2 Å². The molecule has 0 unspecified atom stereocenters. The van der Waals surface area contributed by atoms with Crippen molar-refractivity contribution in [2.24, 2.45) is 0 Å². The number of anilines is 2. The Morgan fingerprint density at radius 1 is 0.968 bits per heavy atom. The first-order chi connectivity index (χ1) is 14.9. The van der Waals surface area contributed by atoms with Gasteiger partial charge in [0.1, 0.15) is 25.2 Å². The third kappa shape index (κ3) is 5.26. The third-order valence-electron chi connectivity index (χ3n) is 3.86. The summed E-state index contributed by atoms with van der Waals surface area (Å²) >= 11 is 0. The highest BCUT2D eigenvalue weighted by Gasteiger charge is 2.34. The van der Waals surface area contributed by atoms with E-state index in [1.165, 1.54) is 16.8 Å². The van der Waals surface area contributed by atoms with Gasteiger partial charge in [-0.05, 0) is 36.4 Å². The zero-order valence-corrected chi connectivity index (χ0v) is 15.8. The van der Waals surface area contributed by atoms with Crippen molar-refractivity contribution in [3.63, 3.8) is 0 Å². The molecule has 0 radical (unpaired) electrons. The molecule has 0 atom stereocenters. The van der Waals surface area contributed by atoms with Gasteiger partial charge in [0.25, 0.3) is 0 Å². The first-order valence-corrected chi connectivity index (χ1v) is 8.38. The van der Waals surface area contributed by atoms with Crippen LogP contribution in [0.25, 0.3) is 16.9 Å². The van der Waals surface area contributed by atoms with Crippen LogP contribution in [0.2, 0.25) is 0 Å². The lowest BCUT2D eigenvalue weighted by molar-refractivity contribution is -0.139. The lowest BCUT2D eigenvalue weighted by Gasteiger charge is -2.12. The Morgan fingerprint density at radius 3 is 2.35 bits per heavy atom. The quantitative estimate of drug-likeness (QED) is 0.484. The van der Waals surface area contributed by atoms with Crippen LogP contribution < -0.4 is 5.32 Å². The van der Waals surface area contributed by atoms with Crippen LogP contribution in [0, 0.1) is 5.82 Å². The number of nitrogens with zero attached hydrogens (tertiary/aromatic N) is 4. The second kappa shape index (κ2) is 10.1. The van der Waals surface area contributed by atoms with Gasteiger partial charge in [0.15, 0.2) is 5.65 Å². The number of carbonyl (C=O) groups excluding carboxylic acids is 2. The molecule has 31 heavy (non-hydrogen) atoms. The number of hydrogen-bond donors (Lipinski definition) is 1. The molecule has 0 amide bonds. The summed E-state index contributed by atoms with van der Waals surface area (Å²) in [6, 6.07) is 9.60. The van der Waals surface area contributed by atoms with Crippen LogP contribution in [0.1, 0.15) is 5.56 Å². The Balaban J connectivity index is 0.000000807. The molecule has 7 nitrogen and oxygen atoms in total. The van der Waals surface area contributed by atoms with E-state index in [0.29, 0.717) is 23.2 Å². The molecule has 0 aliphatic heterocycles. The van der Waals surface area contributed by atoms with Crippen LogP contribution in [0.15, 0.2) is 61.1 Å². The number of hydrogen-bond acceptors (Lipinski definition) is 6. The van der Waals surface area contributed by atoms with Gasteiger partial charge in [0, 0.05) is 35.9 Å². The summed E-state index contributed by atoms with van der Waals surface area (Å²) in [7, 11) is 0. The molecular weight excluding hydrogens is 418 g/mol. The van der Waals surface area contributed by atoms with Crippen molar-refractivity contribution >= 4 is 30.7 Å². The number of rotatable bonds is 3. The third-order valence-corrected chi connectivity index (χ3v) is 3.86. The summed E-state index contributed by atoms with van der Waals surface area (Å²) < 4.78 is 53.7. The summed E-state index contributed by atoms with van der Waals surface area (Å²) in [6.07, 6.45) is -0.00314. The second-order valence-electron chi connectivity index (χ2n) is 5.69. The predicted octanol–water partition coefficient (Wildman–Crippen LogP) is 4.32. The van der Waals surface area contributed by atoms with Gasteiger partial charge < -0.3 is 14.9 Å². The van der Waals surface area contributed by atoms with Gasteiger partial charge in [0.2, 0.25) is 0 Å². The van der Waals surface area contributed by atoms with E-state index in [1.54, 1.807) is 30.6 Å². The van der Waals surface area contributed by atoms with E-state index in [-0.39, 0.29) is 5.69 Å². The first kappa shape index (κ1) is 23.1. The normalized spacial score (nSPS) is 10.5. The van der Waals surface area contributed by atoms with Crippen molar-refractivity contribution in [3.05, 3.63) is 72.4 Å². The van der Waals surface area contributed by atoms with Crippen LogP contribution in [-0.4, -0.2) is 33.2 Å². The maximum absolute atomic E-state index is 13.5. The van der Waals surface area contributed by atoms with Gasteiger partial charge in [-0.2, -0.15) is 22.8 Å². The largest absolute Gasteiger partial charge is 0.419 e. The number of nitrogens with one attached hydrogen (secondary N) is 1. The molecule has 3 aromatic heterocycles. The average Bonchev–Trinajstić information content (AvgIpc) is 3.23. The minimum atomic E-state index is -4.78. The fourth-order valence-electron chi connectivity index (χ4n) is 2.61. The highest BCUT2D eigenvalue weighted by Crippen LogP contribution is 2.33. The van der Waals surface area contributed by atoms with Crippen molar-refractivity contribution in [1.82, 2.24) is 19.6 Å². The molecule has 0 aliphatic carbocycles. The van der Waals surface area contributed by atoms with E-state index >= 15 is 0 Å². The van der Waals surface area contributed by atoms with E-state index in [1.807, 2.05) is 19.6 Å². The minimum absolute atomic E-state index is 0.0784. The molecule has 4 aromatic rings. The van der Waals surface area contributed by atoms with Gasteiger partial charge in [-0.3, -0.25) is 4.98 Å². The molecule has 0 aliphatic rings. The number of benzene rings is 1. The summed E-state index contributed by atoms with van der Waals surface area (Å²) in [5.41, 5.74) is 0.621. The molecule has 0 spiro atoms. The maximum atomic E-state index is 13.5. The number of alkyl halides is 3. The highest BCUT2D eigenvalue weighted by atomic mass is 19.4. The van der Waals surface area contributed by atoms with Crippen molar-refractivity contribution < 1.29 is 27.2 Å². The second-order valence-corrected chi connectivity index (χ2v) is 5.69. The van der Waals surface area contributed by atoms with E-state index < -0.39 is 17.6 Å². The smallest absolute Gasteiger partial charge is 0.340 e. The zero-order valence-electron chi connectivity index (χ0n) is 15.8. The van der Waals surface area contributed by atoms with E-state index in [4.69, 9.17) is 9.59 Å². The fraction of sp³-hybridized carbons (Fsp3) is 0.0500. The first-order valence-electron chi connectivity index (χ1n) is 8.38. The summed E-state index contributed by atoms with van der Waals surface area (Å²) in [5, 5.41) is 7.25. The highest BCUT2D eigenvalue weighted by molar-refractivity contribution is 5.66. The summed E-state index contributed by atoms with van der Waals surface area (Å²) in [4.78, 5) is 24.2. The van der Waals surface area contributed by atoms with Crippen LogP contribution in [-0.2, 0) is 15.8 Å². The Hall–Kier alpha value is -4.15. The average molecular weight is 433 g/mol. The fourth-order valence-corrected chi connectivity index (χ4v) is 2.61. The molecule has 0 bridgehead atoms. The van der Waals surface area contributed by atoms with Gasteiger partial charge in [-0.1, -0.05) is 0 Å².